The van der Waals surface area contributed by atoms with Crippen molar-refractivity contribution in [2.24, 2.45) is 5.10 Å². The predicted molar refractivity (Wildman–Crippen MR) is 134 cm³/mol. The molecule has 0 unspecified atom stereocenters. The van der Waals surface area contributed by atoms with Crippen molar-refractivity contribution in [2.45, 2.75) is 6.61 Å². The number of nitrogens with zero attached hydrogens (tertiary/aromatic N) is 1. The molecule has 0 aliphatic carbocycles. The topological polar surface area (TPSA) is 50.7 Å². The minimum Gasteiger partial charge on any atom is -0.488 e. The van der Waals surface area contributed by atoms with Crippen molar-refractivity contribution in [3.05, 3.63) is 126 Å². The molecule has 4 nitrogen and oxygen atoms in total. The van der Waals surface area contributed by atoms with E-state index in [1.807, 2.05) is 78.9 Å². The monoisotopic (exact) mass is 430 g/mol. The van der Waals surface area contributed by atoms with Crippen molar-refractivity contribution in [2.75, 3.05) is 0 Å². The van der Waals surface area contributed by atoms with Gasteiger partial charge in [0.25, 0.3) is 5.91 Å². The molecule has 4 heteroatoms. The maximum Gasteiger partial charge on any atom is 0.271 e. The molecule has 0 atom stereocenters. The second-order valence-corrected chi connectivity index (χ2v) is 7.69. The van der Waals surface area contributed by atoms with Gasteiger partial charge in [-0.15, -0.1) is 0 Å². The predicted octanol–water partition coefficient (Wildman–Crippen LogP) is 6.34. The van der Waals surface area contributed by atoms with Gasteiger partial charge in [0.05, 0.1) is 6.21 Å². The van der Waals surface area contributed by atoms with Crippen molar-refractivity contribution < 1.29 is 9.53 Å². The number of fused-ring (bicyclic) bond motifs is 2. The number of hydrogen-bond acceptors (Lipinski definition) is 3. The standard InChI is InChI=1S/C29H22N2O2/c32-29(27-17-8-13-22-10-2-5-16-26(22)27)31-30-19-23-11-3-6-18-28(23)33-20-24-14-7-12-21-9-1-4-15-25(21)24/h1-19H,20H2,(H,31,32)/b30-19-. The number of para-hydroxylation sites is 1. The Balaban J connectivity index is 1.31. The molecule has 1 N–H and O–H groups in total. The maximum atomic E-state index is 12.7. The van der Waals surface area contributed by atoms with Crippen molar-refractivity contribution in [3.63, 3.8) is 0 Å². The van der Waals surface area contributed by atoms with E-state index in [1.165, 1.54) is 10.8 Å². The summed E-state index contributed by atoms with van der Waals surface area (Å²) < 4.78 is 6.13. The summed E-state index contributed by atoms with van der Waals surface area (Å²) in [7, 11) is 0. The number of amides is 1. The summed E-state index contributed by atoms with van der Waals surface area (Å²) in [4.78, 5) is 12.7. The molecule has 0 bridgehead atoms. The average Bonchev–Trinajstić information content (AvgIpc) is 2.87. The van der Waals surface area contributed by atoms with Crippen LogP contribution in [-0.2, 0) is 6.61 Å². The third kappa shape index (κ3) is 4.46. The van der Waals surface area contributed by atoms with E-state index in [0.29, 0.717) is 17.9 Å². The highest BCUT2D eigenvalue weighted by Crippen LogP contribution is 2.22. The van der Waals surface area contributed by atoms with E-state index in [4.69, 9.17) is 4.74 Å². The van der Waals surface area contributed by atoms with Gasteiger partial charge in [-0.25, -0.2) is 5.43 Å². The van der Waals surface area contributed by atoms with Gasteiger partial charge in [-0.05, 0) is 45.3 Å². The van der Waals surface area contributed by atoms with E-state index >= 15 is 0 Å². The van der Waals surface area contributed by atoms with Crippen LogP contribution in [0.5, 0.6) is 5.75 Å². The van der Waals surface area contributed by atoms with Gasteiger partial charge in [-0.1, -0.05) is 91.0 Å². The Morgan fingerprint density at radius 3 is 2.21 bits per heavy atom. The summed E-state index contributed by atoms with van der Waals surface area (Å²) in [6, 6.07) is 35.6. The van der Waals surface area contributed by atoms with E-state index in [1.54, 1.807) is 12.3 Å². The number of carbonyl (C=O) groups is 1. The van der Waals surface area contributed by atoms with Crippen molar-refractivity contribution >= 4 is 33.7 Å². The van der Waals surface area contributed by atoms with Gasteiger partial charge in [0, 0.05) is 11.1 Å². The molecule has 0 saturated heterocycles. The molecular weight excluding hydrogens is 408 g/mol. The van der Waals surface area contributed by atoms with Gasteiger partial charge in [0.15, 0.2) is 0 Å². The van der Waals surface area contributed by atoms with Crippen molar-refractivity contribution in [3.8, 4) is 5.75 Å². The lowest BCUT2D eigenvalue weighted by Gasteiger charge is -2.11. The third-order valence-corrected chi connectivity index (χ3v) is 5.59. The lowest BCUT2D eigenvalue weighted by atomic mass is 10.0. The van der Waals surface area contributed by atoms with Crippen LogP contribution in [0.15, 0.2) is 114 Å². The van der Waals surface area contributed by atoms with Crippen LogP contribution in [0.25, 0.3) is 21.5 Å². The van der Waals surface area contributed by atoms with E-state index in [-0.39, 0.29) is 5.91 Å². The second kappa shape index (κ2) is 9.37. The molecule has 0 fully saturated rings. The number of nitrogens with one attached hydrogen (secondary N) is 1. The van der Waals surface area contributed by atoms with Crippen LogP contribution in [0.4, 0.5) is 0 Å². The molecule has 0 saturated carbocycles. The fraction of sp³-hybridized carbons (Fsp3) is 0.0345. The second-order valence-electron chi connectivity index (χ2n) is 7.69. The summed E-state index contributed by atoms with van der Waals surface area (Å²) in [5.74, 6) is 0.450. The Morgan fingerprint density at radius 2 is 1.36 bits per heavy atom. The van der Waals surface area contributed by atoms with Gasteiger partial charge < -0.3 is 4.74 Å². The molecule has 0 radical (unpaired) electrons. The fourth-order valence-corrected chi connectivity index (χ4v) is 3.94. The van der Waals surface area contributed by atoms with Gasteiger partial charge in [0.1, 0.15) is 12.4 Å². The summed E-state index contributed by atoms with van der Waals surface area (Å²) in [6.45, 7) is 0.439. The number of hydrogen-bond donors (Lipinski definition) is 1. The first-order valence-electron chi connectivity index (χ1n) is 10.8. The molecule has 0 aliphatic heterocycles. The molecule has 1 amide bonds. The Labute approximate surface area is 192 Å². The number of benzene rings is 5. The molecule has 0 aliphatic rings. The van der Waals surface area contributed by atoms with Crippen LogP contribution in [0.2, 0.25) is 0 Å². The van der Waals surface area contributed by atoms with Crippen LogP contribution in [-0.4, -0.2) is 12.1 Å². The zero-order chi connectivity index (χ0) is 22.5. The summed E-state index contributed by atoms with van der Waals surface area (Å²) in [6.07, 6.45) is 1.61. The molecule has 160 valence electrons. The van der Waals surface area contributed by atoms with E-state index in [2.05, 4.69) is 34.8 Å². The summed E-state index contributed by atoms with van der Waals surface area (Å²) >= 11 is 0. The molecular formula is C29H22N2O2. The van der Waals surface area contributed by atoms with Crippen LogP contribution in [0.3, 0.4) is 0 Å². The van der Waals surface area contributed by atoms with E-state index in [0.717, 1.165) is 21.9 Å². The minimum atomic E-state index is -0.253. The Hall–Kier alpha value is -4.44. The molecule has 0 heterocycles. The normalized spacial score (nSPS) is 11.2. The van der Waals surface area contributed by atoms with Crippen LogP contribution in [0, 0.1) is 0 Å². The quantitative estimate of drug-likeness (QED) is 0.253. The minimum absolute atomic E-state index is 0.253. The van der Waals surface area contributed by atoms with Crippen LogP contribution >= 0.6 is 0 Å². The third-order valence-electron chi connectivity index (χ3n) is 5.59. The molecule has 33 heavy (non-hydrogen) atoms. The number of rotatable bonds is 6. The lowest BCUT2D eigenvalue weighted by molar-refractivity contribution is 0.0957. The average molecular weight is 431 g/mol. The van der Waals surface area contributed by atoms with Crippen molar-refractivity contribution in [1.29, 1.82) is 0 Å². The zero-order valence-electron chi connectivity index (χ0n) is 17.9. The van der Waals surface area contributed by atoms with Crippen LogP contribution in [0.1, 0.15) is 21.5 Å². The smallest absolute Gasteiger partial charge is 0.271 e. The SMILES string of the molecule is O=C(N/N=C\c1ccccc1OCc1cccc2ccccc12)c1cccc2ccccc12. The lowest BCUT2D eigenvalue weighted by Crippen LogP contribution is -2.18. The largest absolute Gasteiger partial charge is 0.488 e. The Bertz CT molecular complexity index is 1460. The first-order chi connectivity index (χ1) is 16.3. The van der Waals surface area contributed by atoms with Crippen molar-refractivity contribution in [1.82, 2.24) is 5.43 Å². The highest BCUT2D eigenvalue weighted by Gasteiger charge is 2.09. The fourth-order valence-electron chi connectivity index (χ4n) is 3.94. The highest BCUT2D eigenvalue weighted by atomic mass is 16.5. The Kier molecular flexibility index (Phi) is 5.81. The van der Waals surface area contributed by atoms with Gasteiger partial charge in [-0.3, -0.25) is 4.79 Å². The molecule has 0 aromatic heterocycles. The maximum absolute atomic E-state index is 12.7. The number of hydrazone groups is 1. The molecule has 5 rings (SSSR count). The Morgan fingerprint density at radius 1 is 0.727 bits per heavy atom. The number of ether oxygens (including phenoxy) is 1. The zero-order valence-corrected chi connectivity index (χ0v) is 17.9. The van der Waals surface area contributed by atoms with Gasteiger partial charge in [-0.2, -0.15) is 5.10 Å². The number of carbonyl (C=O) groups excluding carboxylic acids is 1. The van der Waals surface area contributed by atoms with Gasteiger partial charge >= 0.3 is 0 Å². The molecule has 0 spiro atoms. The summed E-state index contributed by atoms with van der Waals surface area (Å²) in [5.41, 5.74) is 5.13. The highest BCUT2D eigenvalue weighted by molar-refractivity contribution is 6.07. The summed E-state index contributed by atoms with van der Waals surface area (Å²) in [5, 5.41) is 8.46. The van der Waals surface area contributed by atoms with Crippen LogP contribution < -0.4 is 10.2 Å². The van der Waals surface area contributed by atoms with E-state index < -0.39 is 0 Å². The first kappa shape index (κ1) is 20.5. The van der Waals surface area contributed by atoms with Gasteiger partial charge in [0.2, 0.25) is 0 Å². The molecule has 5 aromatic rings. The molecule has 5 aromatic carbocycles. The first-order valence-corrected chi connectivity index (χ1v) is 10.8. The van der Waals surface area contributed by atoms with E-state index in [9.17, 15) is 4.79 Å².